The molecule has 2 rings (SSSR count). The summed E-state index contributed by atoms with van der Waals surface area (Å²) in [7, 11) is 0. The average molecular weight is 326 g/mol. The molecule has 1 aliphatic rings. The molecule has 1 aromatic carbocycles. The molecule has 1 N–H and O–H groups in total. The second-order valence-electron chi connectivity index (χ2n) is 4.43. The van der Waals surface area contributed by atoms with Crippen molar-refractivity contribution in [2.75, 3.05) is 6.54 Å². The summed E-state index contributed by atoms with van der Waals surface area (Å²) in [6.45, 7) is -0.107. The van der Waals surface area contributed by atoms with Crippen LogP contribution in [0, 0.1) is 0 Å². The quantitative estimate of drug-likeness (QED) is 0.845. The SMILES string of the molecule is O=C1CC(=O)N([C@@H](Cc2cccc(Br)c2)C(=O)O)C1. The van der Waals surface area contributed by atoms with E-state index in [0.29, 0.717) is 0 Å². The maximum atomic E-state index is 11.6. The van der Waals surface area contributed by atoms with Crippen molar-refractivity contribution in [1.29, 1.82) is 0 Å². The molecule has 1 aliphatic heterocycles. The van der Waals surface area contributed by atoms with Crippen molar-refractivity contribution in [3.05, 3.63) is 34.3 Å². The Hall–Kier alpha value is -1.69. The van der Waals surface area contributed by atoms with E-state index in [1.807, 2.05) is 6.07 Å². The van der Waals surface area contributed by atoms with Crippen LogP contribution in [0.4, 0.5) is 0 Å². The van der Waals surface area contributed by atoms with Crippen molar-refractivity contribution in [3.63, 3.8) is 0 Å². The molecule has 1 aromatic rings. The number of carbonyl (C=O) groups excluding carboxylic acids is 2. The third kappa shape index (κ3) is 3.20. The first-order valence-electron chi connectivity index (χ1n) is 5.76. The van der Waals surface area contributed by atoms with Crippen LogP contribution in [0.25, 0.3) is 0 Å². The maximum absolute atomic E-state index is 11.6. The number of halogens is 1. The fraction of sp³-hybridized carbons (Fsp3) is 0.308. The standard InChI is InChI=1S/C13H12BrNO4/c14-9-3-1-2-8(4-9)5-11(13(18)19)15-7-10(16)6-12(15)17/h1-4,11H,5-7H2,(H,18,19)/t11-/m0/s1. The van der Waals surface area contributed by atoms with Gasteiger partial charge in [-0.15, -0.1) is 0 Å². The number of carbonyl (C=O) groups is 3. The molecule has 0 bridgehead atoms. The molecule has 5 nitrogen and oxygen atoms in total. The third-order valence-corrected chi connectivity index (χ3v) is 3.49. The molecule has 0 spiro atoms. The molecule has 0 radical (unpaired) electrons. The molecular weight excluding hydrogens is 314 g/mol. The number of rotatable bonds is 4. The van der Waals surface area contributed by atoms with Gasteiger partial charge < -0.3 is 10.0 Å². The lowest BCUT2D eigenvalue weighted by Gasteiger charge is -2.23. The van der Waals surface area contributed by atoms with Crippen molar-refractivity contribution in [3.8, 4) is 0 Å². The van der Waals surface area contributed by atoms with Crippen molar-refractivity contribution < 1.29 is 19.5 Å². The molecule has 100 valence electrons. The Morgan fingerprint density at radius 2 is 2.16 bits per heavy atom. The van der Waals surface area contributed by atoms with Gasteiger partial charge in [0.05, 0.1) is 13.0 Å². The third-order valence-electron chi connectivity index (χ3n) is 2.99. The number of ketones is 1. The zero-order chi connectivity index (χ0) is 14.0. The predicted molar refractivity (Wildman–Crippen MR) is 70.6 cm³/mol. The zero-order valence-electron chi connectivity index (χ0n) is 10.0. The van der Waals surface area contributed by atoms with Gasteiger partial charge in [-0.3, -0.25) is 9.59 Å². The van der Waals surface area contributed by atoms with E-state index in [-0.39, 0.29) is 25.2 Å². The smallest absolute Gasteiger partial charge is 0.326 e. The highest BCUT2D eigenvalue weighted by molar-refractivity contribution is 9.10. The van der Waals surface area contributed by atoms with Crippen molar-refractivity contribution in [1.82, 2.24) is 4.90 Å². The van der Waals surface area contributed by atoms with E-state index in [1.165, 1.54) is 0 Å². The van der Waals surface area contributed by atoms with E-state index in [2.05, 4.69) is 15.9 Å². The van der Waals surface area contributed by atoms with Gasteiger partial charge in [-0.05, 0) is 17.7 Å². The van der Waals surface area contributed by atoms with E-state index >= 15 is 0 Å². The van der Waals surface area contributed by atoms with Crippen LogP contribution in [0.15, 0.2) is 28.7 Å². The molecule has 0 saturated carbocycles. The van der Waals surface area contributed by atoms with Gasteiger partial charge in [0.1, 0.15) is 6.04 Å². The fourth-order valence-electron chi connectivity index (χ4n) is 2.11. The number of carboxylic acids is 1. The summed E-state index contributed by atoms with van der Waals surface area (Å²) in [5.74, 6) is -1.74. The molecule has 6 heteroatoms. The minimum atomic E-state index is -1.09. The van der Waals surface area contributed by atoms with Gasteiger partial charge in [0.15, 0.2) is 5.78 Å². The first-order valence-corrected chi connectivity index (χ1v) is 6.55. The van der Waals surface area contributed by atoms with Gasteiger partial charge >= 0.3 is 5.97 Å². The van der Waals surface area contributed by atoms with Gasteiger partial charge in [0, 0.05) is 10.9 Å². The van der Waals surface area contributed by atoms with Gasteiger partial charge in [-0.25, -0.2) is 4.79 Å². The van der Waals surface area contributed by atoms with E-state index in [1.54, 1.807) is 18.2 Å². The summed E-state index contributed by atoms with van der Waals surface area (Å²) in [5, 5.41) is 9.25. The Balaban J connectivity index is 2.19. The average Bonchev–Trinajstić information content (AvgIpc) is 2.65. The molecule has 0 aliphatic carbocycles. The molecule has 1 heterocycles. The first kappa shape index (κ1) is 13.7. The number of benzene rings is 1. The van der Waals surface area contributed by atoms with Crippen LogP contribution < -0.4 is 0 Å². The minimum absolute atomic E-state index is 0.107. The van der Waals surface area contributed by atoms with Gasteiger partial charge in [0.2, 0.25) is 5.91 Å². The number of hydrogen-bond donors (Lipinski definition) is 1. The highest BCUT2D eigenvalue weighted by atomic mass is 79.9. The number of carboxylic acid groups (broad SMARTS) is 1. The lowest BCUT2D eigenvalue weighted by Crippen LogP contribution is -2.43. The summed E-state index contributed by atoms with van der Waals surface area (Å²) in [6.07, 6.45) is -0.00391. The van der Waals surface area contributed by atoms with E-state index in [4.69, 9.17) is 0 Å². The highest BCUT2D eigenvalue weighted by Gasteiger charge is 2.36. The summed E-state index contributed by atoms with van der Waals surface area (Å²) < 4.78 is 0.845. The second-order valence-corrected chi connectivity index (χ2v) is 5.34. The van der Waals surface area contributed by atoms with Crippen LogP contribution >= 0.6 is 15.9 Å². The van der Waals surface area contributed by atoms with Crippen molar-refractivity contribution in [2.45, 2.75) is 18.9 Å². The molecule has 1 atom stereocenters. The number of likely N-dealkylation sites (tertiary alicyclic amines) is 1. The second kappa shape index (κ2) is 5.52. The van der Waals surface area contributed by atoms with E-state index in [0.717, 1.165) is 14.9 Å². The fourth-order valence-corrected chi connectivity index (χ4v) is 2.55. The molecule has 1 saturated heterocycles. The van der Waals surface area contributed by atoms with E-state index in [9.17, 15) is 19.5 Å². The van der Waals surface area contributed by atoms with Crippen LogP contribution in [-0.2, 0) is 20.8 Å². The molecule has 1 fully saturated rings. The Kier molecular flexibility index (Phi) is 3.99. The predicted octanol–water partition coefficient (Wildman–Crippen LogP) is 1.25. The van der Waals surface area contributed by atoms with Crippen molar-refractivity contribution >= 4 is 33.6 Å². The van der Waals surface area contributed by atoms with Crippen LogP contribution in [0.1, 0.15) is 12.0 Å². The number of Topliss-reactive ketones (excluding diaryl/α,β-unsaturated/α-hetero) is 1. The van der Waals surface area contributed by atoms with Gasteiger partial charge in [0.25, 0.3) is 0 Å². The Labute approximate surface area is 118 Å². The summed E-state index contributed by atoms with van der Waals surface area (Å²) in [5.41, 5.74) is 0.800. The van der Waals surface area contributed by atoms with Crippen LogP contribution in [0.5, 0.6) is 0 Å². The monoisotopic (exact) mass is 325 g/mol. The van der Waals surface area contributed by atoms with Crippen LogP contribution in [0.2, 0.25) is 0 Å². The number of nitrogens with zero attached hydrogens (tertiary/aromatic N) is 1. The van der Waals surface area contributed by atoms with Crippen molar-refractivity contribution in [2.24, 2.45) is 0 Å². The number of aliphatic carboxylic acids is 1. The summed E-state index contributed by atoms with van der Waals surface area (Å²) >= 11 is 3.31. The minimum Gasteiger partial charge on any atom is -0.480 e. The highest BCUT2D eigenvalue weighted by Crippen LogP contribution is 2.18. The van der Waals surface area contributed by atoms with Gasteiger partial charge in [-0.1, -0.05) is 28.1 Å². The lowest BCUT2D eigenvalue weighted by atomic mass is 10.1. The number of amides is 1. The lowest BCUT2D eigenvalue weighted by molar-refractivity contribution is -0.148. The Bertz CT molecular complexity index is 543. The molecule has 0 unspecified atom stereocenters. The number of hydrogen-bond acceptors (Lipinski definition) is 3. The maximum Gasteiger partial charge on any atom is 0.326 e. The molecular formula is C13H12BrNO4. The summed E-state index contributed by atoms with van der Waals surface area (Å²) in [6, 6.07) is 6.24. The largest absolute Gasteiger partial charge is 0.480 e. The molecule has 19 heavy (non-hydrogen) atoms. The Morgan fingerprint density at radius 1 is 1.42 bits per heavy atom. The first-order chi connectivity index (χ1) is 8.97. The van der Waals surface area contributed by atoms with Crippen LogP contribution in [-0.4, -0.2) is 40.3 Å². The summed E-state index contributed by atoms with van der Waals surface area (Å²) in [4.78, 5) is 35.3. The molecule has 0 aromatic heterocycles. The normalized spacial score (nSPS) is 16.8. The molecule has 1 amide bonds. The van der Waals surface area contributed by atoms with E-state index < -0.39 is 17.9 Å². The Morgan fingerprint density at radius 3 is 2.68 bits per heavy atom. The zero-order valence-corrected chi connectivity index (χ0v) is 11.6. The topological polar surface area (TPSA) is 74.7 Å². The van der Waals surface area contributed by atoms with Crippen LogP contribution in [0.3, 0.4) is 0 Å². The van der Waals surface area contributed by atoms with Gasteiger partial charge in [-0.2, -0.15) is 0 Å².